The number of piperidine rings is 1. The van der Waals surface area contributed by atoms with Crippen molar-refractivity contribution in [3.05, 3.63) is 42.5 Å². The topological polar surface area (TPSA) is 63.9 Å². The zero-order valence-electron chi connectivity index (χ0n) is 18.7. The Hall–Kier alpha value is -2.70. The maximum absolute atomic E-state index is 5.69. The highest BCUT2D eigenvalue weighted by Crippen LogP contribution is 2.29. The Morgan fingerprint density at radius 2 is 2.20 bits per heavy atom. The van der Waals surface area contributed by atoms with Crippen LogP contribution in [0.2, 0.25) is 0 Å². The molecule has 1 fully saturated rings. The summed E-state index contributed by atoms with van der Waals surface area (Å²) in [5.41, 5.74) is 1.25. The third-order valence-electron chi connectivity index (χ3n) is 5.79. The largest absolute Gasteiger partial charge is 0.493 e. The van der Waals surface area contributed by atoms with E-state index in [1.54, 1.807) is 7.11 Å². The molecule has 1 aliphatic rings. The summed E-state index contributed by atoms with van der Waals surface area (Å²) in [4.78, 5) is 11.1. The van der Waals surface area contributed by atoms with Gasteiger partial charge in [-0.3, -0.25) is 4.99 Å². The minimum absolute atomic E-state index is 0.427. The quantitative estimate of drug-likeness (QED) is 0.408. The molecule has 1 N–H and O–H groups in total. The number of rotatable bonds is 8. The molecule has 0 amide bonds. The molecule has 0 radical (unpaired) electrons. The minimum atomic E-state index is 0.427. The zero-order chi connectivity index (χ0) is 21.3. The first-order valence-electron chi connectivity index (χ1n) is 10.9. The molecule has 0 aliphatic carbocycles. The monoisotopic (exact) mass is 413 g/mol. The number of methoxy groups -OCH3 is 1. The van der Waals surface area contributed by atoms with E-state index in [-0.39, 0.29) is 0 Å². The van der Waals surface area contributed by atoms with Gasteiger partial charge in [0.1, 0.15) is 0 Å². The second-order valence-electron chi connectivity index (χ2n) is 7.78. The van der Waals surface area contributed by atoms with Crippen LogP contribution in [0.5, 0.6) is 11.5 Å². The predicted octanol–water partition coefficient (Wildman–Crippen LogP) is 3.38. The number of guanidine groups is 1. The maximum atomic E-state index is 5.69. The molecule has 2 unspecified atom stereocenters. The molecular formula is C23H35N5O2. The van der Waals surface area contributed by atoms with Crippen LogP contribution >= 0.6 is 0 Å². The van der Waals surface area contributed by atoms with Gasteiger partial charge < -0.3 is 24.3 Å². The smallest absolute Gasteiger partial charge is 0.193 e. The highest BCUT2D eigenvalue weighted by Gasteiger charge is 2.28. The fraction of sp³-hybridized carbons (Fsp3) is 0.565. The van der Waals surface area contributed by atoms with Crippen molar-refractivity contribution in [3.63, 3.8) is 0 Å². The summed E-state index contributed by atoms with van der Waals surface area (Å²) in [5.74, 6) is 3.21. The van der Waals surface area contributed by atoms with E-state index in [2.05, 4.69) is 50.0 Å². The van der Waals surface area contributed by atoms with Crippen LogP contribution in [-0.4, -0.2) is 60.8 Å². The van der Waals surface area contributed by atoms with Gasteiger partial charge in [-0.1, -0.05) is 13.0 Å². The van der Waals surface area contributed by atoms with Crippen molar-refractivity contribution in [2.24, 2.45) is 10.9 Å². The van der Waals surface area contributed by atoms with Crippen molar-refractivity contribution in [1.82, 2.24) is 19.8 Å². The first kappa shape index (κ1) is 22.0. The van der Waals surface area contributed by atoms with Crippen LogP contribution in [0.4, 0.5) is 0 Å². The van der Waals surface area contributed by atoms with Gasteiger partial charge in [0.2, 0.25) is 0 Å². The third-order valence-corrected chi connectivity index (χ3v) is 5.79. The van der Waals surface area contributed by atoms with E-state index < -0.39 is 0 Å². The summed E-state index contributed by atoms with van der Waals surface area (Å²) in [6.07, 6.45) is 8.98. The molecule has 30 heavy (non-hydrogen) atoms. The van der Waals surface area contributed by atoms with Crippen molar-refractivity contribution >= 4 is 5.96 Å². The van der Waals surface area contributed by atoms with Gasteiger partial charge in [0.25, 0.3) is 0 Å². The minimum Gasteiger partial charge on any atom is -0.493 e. The number of hydrogen-bond acceptors (Lipinski definition) is 4. The Balaban J connectivity index is 1.51. The number of benzene rings is 1. The molecule has 7 nitrogen and oxygen atoms in total. The Labute approximate surface area is 180 Å². The average Bonchev–Trinajstić information content (AvgIpc) is 3.29. The normalized spacial score (nSPS) is 19.6. The van der Waals surface area contributed by atoms with Crippen LogP contribution in [0.25, 0.3) is 0 Å². The molecule has 0 spiro atoms. The fourth-order valence-electron chi connectivity index (χ4n) is 4.06. The summed E-state index contributed by atoms with van der Waals surface area (Å²) in [7, 11) is 3.54. The molecule has 2 aromatic rings. The number of imidazole rings is 1. The Kier molecular flexibility index (Phi) is 7.99. The number of aryl methyl sites for hydroxylation is 1. The van der Waals surface area contributed by atoms with Crippen LogP contribution in [0.1, 0.15) is 38.3 Å². The van der Waals surface area contributed by atoms with Gasteiger partial charge in [-0.05, 0) is 49.8 Å². The Bertz CT molecular complexity index is 806. The summed E-state index contributed by atoms with van der Waals surface area (Å²) in [5, 5.41) is 3.55. The van der Waals surface area contributed by atoms with Crippen molar-refractivity contribution < 1.29 is 9.47 Å². The summed E-state index contributed by atoms with van der Waals surface area (Å²) in [6.45, 7) is 7.80. The lowest BCUT2D eigenvalue weighted by Gasteiger charge is -2.39. The van der Waals surface area contributed by atoms with Crippen LogP contribution in [0, 0.1) is 5.92 Å². The fourth-order valence-corrected chi connectivity index (χ4v) is 4.06. The maximum Gasteiger partial charge on any atom is 0.193 e. The molecule has 2 heterocycles. The van der Waals surface area contributed by atoms with Crippen LogP contribution < -0.4 is 14.8 Å². The van der Waals surface area contributed by atoms with E-state index in [9.17, 15) is 0 Å². The molecule has 0 saturated carbocycles. The van der Waals surface area contributed by atoms with Crippen molar-refractivity contribution in [2.45, 2.75) is 39.2 Å². The van der Waals surface area contributed by atoms with Crippen LogP contribution in [0.3, 0.4) is 0 Å². The van der Waals surface area contributed by atoms with E-state index >= 15 is 0 Å². The Morgan fingerprint density at radius 3 is 2.90 bits per heavy atom. The summed E-state index contributed by atoms with van der Waals surface area (Å²) in [6, 6.07) is 6.60. The number of likely N-dealkylation sites (tertiary alicyclic amines) is 1. The number of aromatic nitrogens is 2. The second-order valence-corrected chi connectivity index (χ2v) is 7.78. The van der Waals surface area contributed by atoms with Crippen molar-refractivity contribution in [1.29, 1.82) is 0 Å². The lowest BCUT2D eigenvalue weighted by molar-refractivity contribution is 0.189. The zero-order valence-corrected chi connectivity index (χ0v) is 18.7. The van der Waals surface area contributed by atoms with Gasteiger partial charge in [0.05, 0.1) is 26.1 Å². The van der Waals surface area contributed by atoms with Crippen molar-refractivity contribution in [3.8, 4) is 11.5 Å². The molecule has 1 aliphatic heterocycles. The molecule has 1 saturated heterocycles. The number of hydrogen-bond donors (Lipinski definition) is 1. The SMILES string of the molecule is CCOc1cc(CCCNC(=NC)N2CCC(C)C(n3ccnc3)C2)ccc1OC. The van der Waals surface area contributed by atoms with Gasteiger partial charge in [-0.15, -0.1) is 0 Å². The standard InChI is InChI=1S/C23H35N5O2/c1-5-30-22-15-19(8-9-21(22)29-4)7-6-11-26-23(24-3)27-13-10-18(2)20(16-27)28-14-12-25-17-28/h8-9,12,14-15,17-18,20H,5-7,10-11,13,16H2,1-4H3,(H,24,26). The second kappa shape index (κ2) is 10.9. The van der Waals surface area contributed by atoms with E-state index in [0.29, 0.717) is 18.6 Å². The number of nitrogens with zero attached hydrogens (tertiary/aromatic N) is 4. The lowest BCUT2D eigenvalue weighted by atomic mass is 9.93. The molecule has 164 valence electrons. The number of nitrogens with one attached hydrogen (secondary N) is 1. The molecule has 3 rings (SSSR count). The van der Waals surface area contributed by atoms with E-state index in [4.69, 9.17) is 9.47 Å². The van der Waals surface area contributed by atoms with Gasteiger partial charge in [0, 0.05) is 39.1 Å². The van der Waals surface area contributed by atoms with E-state index in [1.165, 1.54) is 5.56 Å². The van der Waals surface area contributed by atoms with Gasteiger partial charge in [-0.2, -0.15) is 0 Å². The van der Waals surface area contributed by atoms with Gasteiger partial charge in [0.15, 0.2) is 17.5 Å². The first-order chi connectivity index (χ1) is 14.7. The summed E-state index contributed by atoms with van der Waals surface area (Å²) >= 11 is 0. The number of aliphatic imine (C=N–C) groups is 1. The first-order valence-corrected chi connectivity index (χ1v) is 10.9. The predicted molar refractivity (Wildman–Crippen MR) is 120 cm³/mol. The van der Waals surface area contributed by atoms with Crippen LogP contribution in [0.15, 0.2) is 41.9 Å². The number of ether oxygens (including phenoxy) is 2. The van der Waals surface area contributed by atoms with E-state index in [1.807, 2.05) is 32.6 Å². The molecule has 0 bridgehead atoms. The average molecular weight is 414 g/mol. The van der Waals surface area contributed by atoms with Crippen LogP contribution in [-0.2, 0) is 6.42 Å². The van der Waals surface area contributed by atoms with Crippen molar-refractivity contribution in [2.75, 3.05) is 40.4 Å². The van der Waals surface area contributed by atoms with Gasteiger partial charge in [-0.25, -0.2) is 4.98 Å². The summed E-state index contributed by atoms with van der Waals surface area (Å²) < 4.78 is 13.3. The third kappa shape index (κ3) is 5.46. The highest BCUT2D eigenvalue weighted by molar-refractivity contribution is 5.80. The van der Waals surface area contributed by atoms with Gasteiger partial charge >= 0.3 is 0 Å². The highest BCUT2D eigenvalue weighted by atomic mass is 16.5. The lowest BCUT2D eigenvalue weighted by Crippen LogP contribution is -2.49. The van der Waals surface area contributed by atoms with E-state index in [0.717, 1.165) is 56.4 Å². The molecular weight excluding hydrogens is 378 g/mol. The Morgan fingerprint density at radius 1 is 1.33 bits per heavy atom. The molecule has 7 heteroatoms. The molecule has 1 aromatic heterocycles. The molecule has 1 aromatic carbocycles. The molecule has 2 atom stereocenters.